The van der Waals surface area contributed by atoms with Crippen molar-refractivity contribution in [2.24, 2.45) is 0 Å². The Morgan fingerprint density at radius 1 is 1.18 bits per heavy atom. The van der Waals surface area contributed by atoms with Crippen molar-refractivity contribution in [3.63, 3.8) is 0 Å². The van der Waals surface area contributed by atoms with Crippen molar-refractivity contribution >= 4 is 16.6 Å². The molecule has 0 aliphatic rings. The number of fused-ring (bicyclic) bond motifs is 3. The Hall–Kier alpha value is -1.87. The molecule has 0 spiro atoms. The third-order valence-corrected chi connectivity index (χ3v) is 3.05. The first-order chi connectivity index (χ1) is 8.31. The number of aryl methyl sites for hydroxylation is 1. The Morgan fingerprint density at radius 3 is 2.82 bits per heavy atom. The van der Waals surface area contributed by atoms with Gasteiger partial charge in [-0.2, -0.15) is 0 Å². The maximum Gasteiger partial charge on any atom is 0.0908 e. The van der Waals surface area contributed by atoms with Crippen LogP contribution in [0.5, 0.6) is 0 Å². The van der Waals surface area contributed by atoms with E-state index >= 15 is 0 Å². The first kappa shape index (κ1) is 10.3. The zero-order valence-corrected chi connectivity index (χ0v) is 9.97. The standard InChI is InChI=1S/C14H14N2O/c1-10-5-3-6-13-14(10)15-11(9-17-2)12-7-4-8-16(12)13/h3-8H,9H2,1-2H3. The van der Waals surface area contributed by atoms with Crippen molar-refractivity contribution in [1.82, 2.24) is 9.38 Å². The summed E-state index contributed by atoms with van der Waals surface area (Å²) >= 11 is 0. The molecule has 2 aromatic heterocycles. The van der Waals surface area contributed by atoms with Crippen molar-refractivity contribution in [2.45, 2.75) is 13.5 Å². The fourth-order valence-electron chi connectivity index (χ4n) is 2.24. The van der Waals surface area contributed by atoms with Crippen LogP contribution < -0.4 is 0 Å². The summed E-state index contributed by atoms with van der Waals surface area (Å²) in [4.78, 5) is 4.72. The second-order valence-corrected chi connectivity index (χ2v) is 4.20. The van der Waals surface area contributed by atoms with Gasteiger partial charge in [0.05, 0.1) is 28.9 Å². The van der Waals surface area contributed by atoms with Crippen molar-refractivity contribution in [2.75, 3.05) is 7.11 Å². The molecular formula is C14H14N2O. The van der Waals surface area contributed by atoms with Crippen molar-refractivity contribution in [3.8, 4) is 0 Å². The average Bonchev–Trinajstić information content (AvgIpc) is 2.80. The predicted octanol–water partition coefficient (Wildman–Crippen LogP) is 2.94. The molecule has 86 valence electrons. The average molecular weight is 226 g/mol. The van der Waals surface area contributed by atoms with Gasteiger partial charge in [-0.15, -0.1) is 0 Å². The van der Waals surface area contributed by atoms with Crippen LogP contribution in [0.4, 0.5) is 0 Å². The molecule has 0 aliphatic heterocycles. The van der Waals surface area contributed by atoms with E-state index < -0.39 is 0 Å². The lowest BCUT2D eigenvalue weighted by Gasteiger charge is -2.09. The van der Waals surface area contributed by atoms with Crippen LogP contribution in [0.15, 0.2) is 36.5 Å². The molecule has 0 saturated carbocycles. The predicted molar refractivity (Wildman–Crippen MR) is 68.1 cm³/mol. The highest BCUT2D eigenvalue weighted by atomic mass is 16.5. The molecule has 3 nitrogen and oxygen atoms in total. The van der Waals surface area contributed by atoms with Crippen molar-refractivity contribution < 1.29 is 4.74 Å². The Morgan fingerprint density at radius 2 is 2.00 bits per heavy atom. The van der Waals surface area contributed by atoms with Gasteiger partial charge in [-0.3, -0.25) is 0 Å². The number of aromatic nitrogens is 2. The van der Waals surface area contributed by atoms with Gasteiger partial charge < -0.3 is 9.14 Å². The number of para-hydroxylation sites is 1. The molecule has 0 saturated heterocycles. The van der Waals surface area contributed by atoms with Gasteiger partial charge in [0.15, 0.2) is 0 Å². The number of hydrogen-bond donors (Lipinski definition) is 0. The number of rotatable bonds is 2. The molecule has 0 bridgehead atoms. The minimum atomic E-state index is 0.539. The molecule has 0 radical (unpaired) electrons. The molecule has 0 aliphatic carbocycles. The Balaban J connectivity index is 2.47. The quantitative estimate of drug-likeness (QED) is 0.671. The fraction of sp³-hybridized carbons (Fsp3) is 0.214. The van der Waals surface area contributed by atoms with Crippen LogP contribution in [0.3, 0.4) is 0 Å². The van der Waals surface area contributed by atoms with Gasteiger partial charge in [-0.25, -0.2) is 4.98 Å². The van der Waals surface area contributed by atoms with Gasteiger partial charge in [-0.05, 0) is 30.7 Å². The summed E-state index contributed by atoms with van der Waals surface area (Å²) in [7, 11) is 1.70. The number of benzene rings is 1. The molecule has 3 rings (SSSR count). The third kappa shape index (κ3) is 1.51. The van der Waals surface area contributed by atoms with Gasteiger partial charge in [-0.1, -0.05) is 12.1 Å². The monoisotopic (exact) mass is 226 g/mol. The van der Waals surface area contributed by atoms with Gasteiger partial charge in [0.2, 0.25) is 0 Å². The highest BCUT2D eigenvalue weighted by Gasteiger charge is 2.08. The first-order valence-electron chi connectivity index (χ1n) is 5.65. The molecule has 17 heavy (non-hydrogen) atoms. The van der Waals surface area contributed by atoms with Crippen LogP contribution in [0.1, 0.15) is 11.3 Å². The van der Waals surface area contributed by atoms with Gasteiger partial charge >= 0.3 is 0 Å². The summed E-state index contributed by atoms with van der Waals surface area (Å²) in [6.07, 6.45) is 2.07. The second kappa shape index (κ2) is 3.86. The van der Waals surface area contributed by atoms with E-state index in [9.17, 15) is 0 Å². The lowest BCUT2D eigenvalue weighted by molar-refractivity contribution is 0.182. The largest absolute Gasteiger partial charge is 0.378 e. The van der Waals surface area contributed by atoms with Crippen LogP contribution in [-0.2, 0) is 11.3 Å². The lowest BCUT2D eigenvalue weighted by atomic mass is 10.2. The zero-order chi connectivity index (χ0) is 11.8. The van der Waals surface area contributed by atoms with E-state index in [1.54, 1.807) is 7.11 Å². The molecule has 2 heterocycles. The minimum Gasteiger partial charge on any atom is -0.378 e. The normalized spacial score (nSPS) is 11.4. The Labute approximate surface area is 99.7 Å². The SMILES string of the molecule is COCc1nc2c(C)cccc2n2cccc12. The van der Waals surface area contributed by atoms with Crippen LogP contribution >= 0.6 is 0 Å². The molecule has 1 aromatic carbocycles. The van der Waals surface area contributed by atoms with E-state index in [-0.39, 0.29) is 0 Å². The van der Waals surface area contributed by atoms with Gasteiger partial charge in [0, 0.05) is 13.3 Å². The van der Waals surface area contributed by atoms with E-state index in [2.05, 4.69) is 41.8 Å². The van der Waals surface area contributed by atoms with E-state index in [1.165, 1.54) is 5.56 Å². The summed E-state index contributed by atoms with van der Waals surface area (Å²) < 4.78 is 7.39. The highest BCUT2D eigenvalue weighted by Crippen LogP contribution is 2.21. The number of methoxy groups -OCH3 is 1. The van der Waals surface area contributed by atoms with E-state index in [1.807, 2.05) is 6.07 Å². The summed E-state index contributed by atoms with van der Waals surface area (Å²) in [5.74, 6) is 0. The molecule has 0 fully saturated rings. The van der Waals surface area contributed by atoms with Crippen LogP contribution in [0.2, 0.25) is 0 Å². The first-order valence-corrected chi connectivity index (χ1v) is 5.65. The maximum atomic E-state index is 5.22. The van der Waals surface area contributed by atoms with Crippen LogP contribution in [-0.4, -0.2) is 16.5 Å². The molecule has 0 N–H and O–H groups in total. The number of hydrogen-bond acceptors (Lipinski definition) is 2. The minimum absolute atomic E-state index is 0.539. The summed E-state index contributed by atoms with van der Waals surface area (Å²) in [5, 5.41) is 0. The molecule has 0 atom stereocenters. The highest BCUT2D eigenvalue weighted by molar-refractivity contribution is 5.82. The smallest absolute Gasteiger partial charge is 0.0908 e. The van der Waals surface area contributed by atoms with E-state index in [0.717, 1.165) is 22.2 Å². The van der Waals surface area contributed by atoms with Crippen LogP contribution in [0.25, 0.3) is 16.6 Å². The fourth-order valence-corrected chi connectivity index (χ4v) is 2.24. The number of nitrogens with zero attached hydrogens (tertiary/aromatic N) is 2. The maximum absolute atomic E-state index is 5.22. The third-order valence-electron chi connectivity index (χ3n) is 3.05. The van der Waals surface area contributed by atoms with Crippen LogP contribution in [0, 0.1) is 6.92 Å². The van der Waals surface area contributed by atoms with Gasteiger partial charge in [0.25, 0.3) is 0 Å². The molecular weight excluding hydrogens is 212 g/mol. The second-order valence-electron chi connectivity index (χ2n) is 4.20. The Kier molecular flexibility index (Phi) is 2.34. The molecule has 0 amide bonds. The zero-order valence-electron chi connectivity index (χ0n) is 9.97. The molecule has 3 heteroatoms. The van der Waals surface area contributed by atoms with E-state index in [0.29, 0.717) is 6.61 Å². The topological polar surface area (TPSA) is 26.5 Å². The molecule has 3 aromatic rings. The summed E-state index contributed by atoms with van der Waals surface area (Å²) in [6.45, 7) is 2.62. The van der Waals surface area contributed by atoms with Crippen molar-refractivity contribution in [1.29, 1.82) is 0 Å². The van der Waals surface area contributed by atoms with E-state index in [4.69, 9.17) is 9.72 Å². The number of ether oxygens (including phenoxy) is 1. The van der Waals surface area contributed by atoms with Crippen molar-refractivity contribution in [3.05, 3.63) is 47.8 Å². The summed E-state index contributed by atoms with van der Waals surface area (Å²) in [5.41, 5.74) is 5.48. The Bertz CT molecular complexity index is 685. The molecule has 0 unspecified atom stereocenters. The lowest BCUT2D eigenvalue weighted by Crippen LogP contribution is -2.00. The van der Waals surface area contributed by atoms with Gasteiger partial charge in [0.1, 0.15) is 0 Å². The summed E-state index contributed by atoms with van der Waals surface area (Å²) in [6, 6.07) is 10.4.